The number of thioether (sulfide) groups is 1. The molecule has 0 saturated heterocycles. The fourth-order valence-corrected chi connectivity index (χ4v) is 2.47. The molecule has 7 nitrogen and oxygen atoms in total. The molecule has 0 aromatic heterocycles. The van der Waals surface area contributed by atoms with Crippen LogP contribution in [0.1, 0.15) is 16.8 Å². The van der Waals surface area contributed by atoms with E-state index in [4.69, 9.17) is 28.9 Å². The third kappa shape index (κ3) is 6.55. The second-order valence-corrected chi connectivity index (χ2v) is 6.24. The largest absolute Gasteiger partial charge is 0.352 e. The van der Waals surface area contributed by atoms with Gasteiger partial charge in [-0.15, -0.1) is 0 Å². The fraction of sp³-hybridized carbons (Fsp3) is 0.308. The molecule has 126 valence electrons. The van der Waals surface area contributed by atoms with Gasteiger partial charge in [0.15, 0.2) is 0 Å². The number of hydrogen-bond donors (Lipinski definition) is 4. The van der Waals surface area contributed by atoms with Crippen LogP contribution < -0.4 is 21.9 Å². The Balaban J connectivity index is 2.66. The number of urea groups is 1. The lowest BCUT2D eigenvalue weighted by molar-refractivity contribution is -0.123. The summed E-state index contributed by atoms with van der Waals surface area (Å²) >= 11 is 13.2. The lowest BCUT2D eigenvalue weighted by Gasteiger charge is -2.17. The van der Waals surface area contributed by atoms with E-state index in [-0.39, 0.29) is 10.6 Å². The van der Waals surface area contributed by atoms with Gasteiger partial charge in [-0.1, -0.05) is 23.2 Å². The van der Waals surface area contributed by atoms with E-state index in [0.717, 1.165) is 0 Å². The highest BCUT2D eigenvalue weighted by atomic mass is 35.5. The summed E-state index contributed by atoms with van der Waals surface area (Å²) in [6.45, 7) is 0. The van der Waals surface area contributed by atoms with E-state index >= 15 is 0 Å². The molecule has 0 aliphatic carbocycles. The summed E-state index contributed by atoms with van der Waals surface area (Å²) in [6, 6.07) is 2.70. The van der Waals surface area contributed by atoms with E-state index < -0.39 is 23.9 Å². The van der Waals surface area contributed by atoms with Crippen molar-refractivity contribution < 1.29 is 14.4 Å². The molecule has 0 radical (unpaired) electrons. The van der Waals surface area contributed by atoms with Crippen LogP contribution in [0.2, 0.25) is 10.0 Å². The molecular weight excluding hydrogens is 363 g/mol. The van der Waals surface area contributed by atoms with Crippen molar-refractivity contribution in [2.45, 2.75) is 12.5 Å². The number of hydrazine groups is 1. The van der Waals surface area contributed by atoms with E-state index in [1.165, 1.54) is 30.0 Å². The van der Waals surface area contributed by atoms with Gasteiger partial charge in [0, 0.05) is 5.02 Å². The second kappa shape index (κ2) is 9.49. The van der Waals surface area contributed by atoms with E-state index in [1.54, 1.807) is 0 Å². The minimum Gasteiger partial charge on any atom is -0.352 e. The lowest BCUT2D eigenvalue weighted by atomic mass is 10.2. The van der Waals surface area contributed by atoms with Crippen molar-refractivity contribution in [1.29, 1.82) is 0 Å². The fourth-order valence-electron chi connectivity index (χ4n) is 1.62. The number of carbonyl (C=O) groups is 3. The van der Waals surface area contributed by atoms with Gasteiger partial charge in [-0.2, -0.15) is 11.8 Å². The predicted molar refractivity (Wildman–Crippen MR) is 91.6 cm³/mol. The molecule has 0 aliphatic heterocycles. The molecule has 0 saturated carbocycles. The Bertz CT molecular complexity index is 601. The molecule has 5 N–H and O–H groups in total. The summed E-state index contributed by atoms with van der Waals surface area (Å²) in [4.78, 5) is 34.9. The smallest absolute Gasteiger partial charge is 0.312 e. The van der Waals surface area contributed by atoms with Crippen molar-refractivity contribution in [3.05, 3.63) is 33.8 Å². The number of carbonyl (C=O) groups excluding carboxylic acids is 3. The number of nitrogens with two attached hydrogens (primary N) is 1. The van der Waals surface area contributed by atoms with Crippen molar-refractivity contribution >= 4 is 52.8 Å². The summed E-state index contributed by atoms with van der Waals surface area (Å²) in [7, 11) is 0. The number of primary amides is 1. The highest BCUT2D eigenvalue weighted by molar-refractivity contribution is 7.98. The number of halogens is 2. The Labute approximate surface area is 147 Å². The van der Waals surface area contributed by atoms with Crippen molar-refractivity contribution in [3.63, 3.8) is 0 Å². The number of rotatable bonds is 6. The zero-order valence-electron chi connectivity index (χ0n) is 12.2. The molecule has 0 fully saturated rings. The maximum Gasteiger partial charge on any atom is 0.312 e. The first-order valence-corrected chi connectivity index (χ1v) is 8.60. The maximum atomic E-state index is 12.0. The number of hydrogen-bond acceptors (Lipinski definition) is 4. The van der Waals surface area contributed by atoms with Gasteiger partial charge < -0.3 is 11.1 Å². The van der Waals surface area contributed by atoms with Gasteiger partial charge in [-0.25, -0.2) is 4.79 Å². The van der Waals surface area contributed by atoms with Crippen LogP contribution in [0.25, 0.3) is 0 Å². The molecule has 10 heteroatoms. The average molecular weight is 379 g/mol. The predicted octanol–water partition coefficient (Wildman–Crippen LogP) is 1.54. The molecule has 0 unspecified atom stereocenters. The van der Waals surface area contributed by atoms with Gasteiger partial charge in [-0.05, 0) is 36.6 Å². The number of benzene rings is 1. The highest BCUT2D eigenvalue weighted by Gasteiger charge is 2.20. The third-order valence-electron chi connectivity index (χ3n) is 2.72. The molecular formula is C13H16Cl2N4O3S. The normalized spacial score (nSPS) is 11.4. The first-order chi connectivity index (χ1) is 10.8. The van der Waals surface area contributed by atoms with Crippen LogP contribution in [0.15, 0.2) is 18.2 Å². The van der Waals surface area contributed by atoms with Crippen LogP contribution in [0.5, 0.6) is 0 Å². The Hall–Kier alpha value is -1.64. The molecule has 0 spiro atoms. The molecule has 1 atom stereocenters. The molecule has 23 heavy (non-hydrogen) atoms. The SMILES string of the molecule is CSCC[C@H](NC(N)=O)C(=O)NNC(=O)c1cc(Cl)ccc1Cl. The first-order valence-electron chi connectivity index (χ1n) is 6.45. The van der Waals surface area contributed by atoms with Crippen molar-refractivity contribution in [3.8, 4) is 0 Å². The molecule has 1 rings (SSSR count). The van der Waals surface area contributed by atoms with Crippen LogP contribution in [0.4, 0.5) is 4.79 Å². The number of amides is 4. The van der Waals surface area contributed by atoms with Crippen LogP contribution in [0, 0.1) is 0 Å². The third-order valence-corrected chi connectivity index (χ3v) is 3.92. The average Bonchev–Trinajstić information content (AvgIpc) is 2.50. The monoisotopic (exact) mass is 378 g/mol. The summed E-state index contributed by atoms with van der Waals surface area (Å²) in [6.07, 6.45) is 2.23. The second-order valence-electron chi connectivity index (χ2n) is 4.41. The molecule has 0 bridgehead atoms. The zero-order chi connectivity index (χ0) is 17.4. The highest BCUT2D eigenvalue weighted by Crippen LogP contribution is 2.20. The van der Waals surface area contributed by atoms with Gasteiger partial charge >= 0.3 is 6.03 Å². The molecule has 4 amide bonds. The van der Waals surface area contributed by atoms with Gasteiger partial charge in [0.2, 0.25) is 0 Å². The van der Waals surface area contributed by atoms with Gasteiger partial charge in [0.1, 0.15) is 6.04 Å². The Kier molecular flexibility index (Phi) is 8.01. The lowest BCUT2D eigenvalue weighted by Crippen LogP contribution is -2.53. The van der Waals surface area contributed by atoms with Gasteiger partial charge in [-0.3, -0.25) is 20.4 Å². The van der Waals surface area contributed by atoms with E-state index in [2.05, 4.69) is 16.2 Å². The maximum absolute atomic E-state index is 12.0. The summed E-state index contributed by atoms with van der Waals surface area (Å²) < 4.78 is 0. The van der Waals surface area contributed by atoms with Gasteiger partial charge in [0.25, 0.3) is 11.8 Å². The van der Waals surface area contributed by atoms with E-state index in [1.807, 2.05) is 6.26 Å². The number of nitrogens with one attached hydrogen (secondary N) is 3. The Morgan fingerprint density at radius 1 is 1.26 bits per heavy atom. The van der Waals surface area contributed by atoms with Crippen LogP contribution in [-0.4, -0.2) is 35.9 Å². The van der Waals surface area contributed by atoms with Crippen molar-refractivity contribution in [2.24, 2.45) is 5.73 Å². The quantitative estimate of drug-likeness (QED) is 0.562. The van der Waals surface area contributed by atoms with Crippen LogP contribution >= 0.6 is 35.0 Å². The topological polar surface area (TPSA) is 113 Å². The summed E-state index contributed by atoms with van der Waals surface area (Å²) in [5, 5.41) is 2.84. The summed E-state index contributed by atoms with van der Waals surface area (Å²) in [5.41, 5.74) is 9.58. The standard InChI is InChI=1S/C13H16Cl2N4O3S/c1-23-5-4-10(17-13(16)22)12(21)19-18-11(20)8-6-7(14)2-3-9(8)15/h2-3,6,10H,4-5H2,1H3,(H,18,20)(H,19,21)(H3,16,17,22)/t10-/m0/s1. The van der Waals surface area contributed by atoms with Crippen LogP contribution in [-0.2, 0) is 4.79 Å². The molecule has 0 heterocycles. The molecule has 1 aromatic carbocycles. The van der Waals surface area contributed by atoms with E-state index in [0.29, 0.717) is 17.2 Å². The zero-order valence-corrected chi connectivity index (χ0v) is 14.5. The minimum absolute atomic E-state index is 0.114. The summed E-state index contributed by atoms with van der Waals surface area (Å²) in [5.74, 6) is -0.593. The Morgan fingerprint density at radius 2 is 1.96 bits per heavy atom. The van der Waals surface area contributed by atoms with Crippen LogP contribution in [0.3, 0.4) is 0 Å². The molecule has 0 aliphatic rings. The first kappa shape index (κ1) is 19.4. The van der Waals surface area contributed by atoms with Gasteiger partial charge in [0.05, 0.1) is 10.6 Å². The molecule has 1 aromatic rings. The van der Waals surface area contributed by atoms with E-state index in [9.17, 15) is 14.4 Å². The van der Waals surface area contributed by atoms with Crippen molar-refractivity contribution in [1.82, 2.24) is 16.2 Å². The Morgan fingerprint density at radius 3 is 2.57 bits per heavy atom. The minimum atomic E-state index is -0.852. The van der Waals surface area contributed by atoms with Crippen molar-refractivity contribution in [2.75, 3.05) is 12.0 Å².